The maximum atomic E-state index is 6.22. The van der Waals surface area contributed by atoms with Crippen LogP contribution in [-0.4, -0.2) is 6.54 Å². The summed E-state index contributed by atoms with van der Waals surface area (Å²) in [5, 5.41) is 4.55. The summed E-state index contributed by atoms with van der Waals surface area (Å²) >= 11 is 11.5. The summed E-state index contributed by atoms with van der Waals surface area (Å²) in [5.74, 6) is 1.36. The minimum Gasteiger partial charge on any atom is -0.309 e. The Morgan fingerprint density at radius 2 is 2.14 bits per heavy atom. The standard InChI is InChI=1S/C17H19BrClNS/c1-2-8-20-16(15-10-14(19)17(18)21-15)13-9-12(13)11-6-4-3-5-7-11/h3-7,10,12-13,16,20H,2,8-9H2,1H3. The lowest BCUT2D eigenvalue weighted by Gasteiger charge is -2.17. The molecule has 1 aromatic carbocycles. The Morgan fingerprint density at radius 1 is 1.38 bits per heavy atom. The highest BCUT2D eigenvalue weighted by atomic mass is 79.9. The van der Waals surface area contributed by atoms with Crippen molar-refractivity contribution in [1.29, 1.82) is 0 Å². The van der Waals surface area contributed by atoms with Gasteiger partial charge in [0.05, 0.1) is 8.81 Å². The predicted octanol–water partition coefficient (Wildman–Crippen LogP) is 6.01. The molecule has 3 atom stereocenters. The normalized spacial score (nSPS) is 22.2. The van der Waals surface area contributed by atoms with Gasteiger partial charge in [0.2, 0.25) is 0 Å². The van der Waals surface area contributed by atoms with Crippen molar-refractivity contribution in [2.75, 3.05) is 6.54 Å². The van der Waals surface area contributed by atoms with Crippen molar-refractivity contribution in [2.45, 2.75) is 31.7 Å². The van der Waals surface area contributed by atoms with Gasteiger partial charge >= 0.3 is 0 Å². The van der Waals surface area contributed by atoms with Crippen LogP contribution in [0, 0.1) is 5.92 Å². The quantitative estimate of drug-likeness (QED) is 0.643. The fourth-order valence-corrected chi connectivity index (χ4v) is 4.84. The van der Waals surface area contributed by atoms with Crippen LogP contribution in [0.4, 0.5) is 0 Å². The number of thiophene rings is 1. The second-order valence-corrected chi connectivity index (χ2v) is 8.43. The summed E-state index contributed by atoms with van der Waals surface area (Å²) in [4.78, 5) is 1.35. The average molecular weight is 385 g/mol. The summed E-state index contributed by atoms with van der Waals surface area (Å²) in [6.07, 6.45) is 2.41. The van der Waals surface area contributed by atoms with Crippen LogP contribution in [-0.2, 0) is 0 Å². The number of hydrogen-bond donors (Lipinski definition) is 1. The zero-order valence-electron chi connectivity index (χ0n) is 12.0. The van der Waals surface area contributed by atoms with E-state index in [2.05, 4.69) is 64.6 Å². The van der Waals surface area contributed by atoms with Crippen molar-refractivity contribution in [3.63, 3.8) is 0 Å². The van der Waals surface area contributed by atoms with Gasteiger partial charge in [-0.15, -0.1) is 11.3 Å². The Morgan fingerprint density at radius 3 is 2.76 bits per heavy atom. The number of rotatable bonds is 6. The van der Waals surface area contributed by atoms with Crippen molar-refractivity contribution in [3.8, 4) is 0 Å². The van der Waals surface area contributed by atoms with Crippen molar-refractivity contribution in [1.82, 2.24) is 5.32 Å². The molecule has 3 unspecified atom stereocenters. The molecule has 0 aliphatic heterocycles. The highest BCUT2D eigenvalue weighted by molar-refractivity contribution is 9.11. The monoisotopic (exact) mass is 383 g/mol. The van der Waals surface area contributed by atoms with Gasteiger partial charge in [-0.2, -0.15) is 0 Å². The van der Waals surface area contributed by atoms with Crippen LogP contribution in [0.2, 0.25) is 5.02 Å². The van der Waals surface area contributed by atoms with Crippen LogP contribution in [0.5, 0.6) is 0 Å². The second kappa shape index (κ2) is 6.82. The minimum atomic E-state index is 0.420. The van der Waals surface area contributed by atoms with Crippen LogP contribution >= 0.6 is 38.9 Å². The zero-order valence-corrected chi connectivity index (χ0v) is 15.1. The smallest absolute Gasteiger partial charge is 0.0887 e. The molecule has 2 aromatic rings. The molecule has 0 bridgehead atoms. The van der Waals surface area contributed by atoms with E-state index >= 15 is 0 Å². The van der Waals surface area contributed by atoms with Gasteiger partial charge in [-0.3, -0.25) is 0 Å². The van der Waals surface area contributed by atoms with Crippen LogP contribution in [0.3, 0.4) is 0 Å². The molecule has 0 saturated heterocycles. The highest BCUT2D eigenvalue weighted by Crippen LogP contribution is 2.55. The third-order valence-corrected chi connectivity index (χ3v) is 6.64. The van der Waals surface area contributed by atoms with Crippen LogP contribution in [0.25, 0.3) is 0 Å². The first-order valence-electron chi connectivity index (χ1n) is 7.43. The van der Waals surface area contributed by atoms with Crippen LogP contribution in [0.15, 0.2) is 40.2 Å². The summed E-state index contributed by atoms with van der Waals surface area (Å²) in [7, 11) is 0. The van der Waals surface area contributed by atoms with E-state index in [1.165, 1.54) is 16.9 Å². The maximum Gasteiger partial charge on any atom is 0.0887 e. The van der Waals surface area contributed by atoms with E-state index in [0.717, 1.165) is 21.8 Å². The first kappa shape index (κ1) is 15.5. The summed E-state index contributed by atoms with van der Waals surface area (Å²) < 4.78 is 1.04. The van der Waals surface area contributed by atoms with E-state index in [0.29, 0.717) is 17.9 Å². The number of benzene rings is 1. The second-order valence-electron chi connectivity index (χ2n) is 5.62. The molecule has 21 heavy (non-hydrogen) atoms. The molecule has 1 heterocycles. The largest absolute Gasteiger partial charge is 0.309 e. The van der Waals surface area contributed by atoms with Crippen LogP contribution in [0.1, 0.15) is 42.2 Å². The lowest BCUT2D eigenvalue weighted by atomic mass is 10.0. The molecule has 0 spiro atoms. The molecule has 4 heteroatoms. The predicted molar refractivity (Wildman–Crippen MR) is 95.4 cm³/mol. The lowest BCUT2D eigenvalue weighted by Crippen LogP contribution is -2.23. The van der Waals surface area contributed by atoms with Crippen molar-refractivity contribution < 1.29 is 0 Å². The van der Waals surface area contributed by atoms with Gasteiger partial charge in [-0.05, 0) is 58.8 Å². The molecule has 1 aliphatic carbocycles. The van der Waals surface area contributed by atoms with Crippen LogP contribution < -0.4 is 5.32 Å². The van der Waals surface area contributed by atoms with E-state index in [-0.39, 0.29) is 0 Å². The molecule has 0 radical (unpaired) electrons. The van der Waals surface area contributed by atoms with Gasteiger partial charge in [0.25, 0.3) is 0 Å². The molecule has 0 amide bonds. The molecule has 1 aliphatic rings. The summed E-state index contributed by atoms with van der Waals surface area (Å²) in [6.45, 7) is 3.26. The topological polar surface area (TPSA) is 12.0 Å². The van der Waals surface area contributed by atoms with E-state index in [9.17, 15) is 0 Å². The third-order valence-electron chi connectivity index (χ3n) is 4.08. The van der Waals surface area contributed by atoms with Gasteiger partial charge < -0.3 is 5.32 Å². The molecule has 1 aromatic heterocycles. The van der Waals surface area contributed by atoms with Crippen molar-refractivity contribution >= 4 is 38.9 Å². The van der Waals surface area contributed by atoms with Crippen molar-refractivity contribution in [2.24, 2.45) is 5.92 Å². The number of nitrogens with one attached hydrogen (secondary N) is 1. The molecule has 1 saturated carbocycles. The number of halogens is 2. The molecular weight excluding hydrogens is 366 g/mol. The Labute approximate surface area is 143 Å². The van der Waals surface area contributed by atoms with Gasteiger partial charge in [0.15, 0.2) is 0 Å². The highest BCUT2D eigenvalue weighted by Gasteiger charge is 2.44. The minimum absolute atomic E-state index is 0.420. The van der Waals surface area contributed by atoms with Gasteiger partial charge in [0, 0.05) is 10.9 Å². The molecule has 1 N–H and O–H groups in total. The molecule has 1 nitrogen and oxygen atoms in total. The Kier molecular flexibility index (Phi) is 5.05. The van der Waals surface area contributed by atoms with Gasteiger partial charge in [0.1, 0.15) is 0 Å². The molecule has 112 valence electrons. The Hall–Kier alpha value is -0.350. The fourth-order valence-electron chi connectivity index (χ4n) is 2.95. The Balaban J connectivity index is 1.78. The SMILES string of the molecule is CCCNC(c1cc(Cl)c(Br)s1)C1CC1c1ccccc1. The first-order valence-corrected chi connectivity index (χ1v) is 9.42. The lowest BCUT2D eigenvalue weighted by molar-refractivity contribution is 0.480. The van der Waals surface area contributed by atoms with Gasteiger partial charge in [-0.1, -0.05) is 48.9 Å². The van der Waals surface area contributed by atoms with E-state index in [1.54, 1.807) is 11.3 Å². The molecule has 1 fully saturated rings. The Bertz CT molecular complexity index is 579. The van der Waals surface area contributed by atoms with E-state index in [4.69, 9.17) is 11.6 Å². The van der Waals surface area contributed by atoms with Crippen molar-refractivity contribution in [3.05, 3.63) is 55.6 Å². The maximum absolute atomic E-state index is 6.22. The third kappa shape index (κ3) is 3.53. The summed E-state index contributed by atoms with van der Waals surface area (Å²) in [5.41, 5.74) is 1.47. The molecule has 3 rings (SSSR count). The van der Waals surface area contributed by atoms with E-state index < -0.39 is 0 Å². The fraction of sp³-hybridized carbons (Fsp3) is 0.412. The first-order chi connectivity index (χ1) is 10.2. The number of hydrogen-bond acceptors (Lipinski definition) is 2. The average Bonchev–Trinajstić information content (AvgIpc) is 3.21. The van der Waals surface area contributed by atoms with E-state index in [1.807, 2.05) is 0 Å². The molecular formula is C17H19BrClNS. The van der Waals surface area contributed by atoms with Gasteiger partial charge in [-0.25, -0.2) is 0 Å². The summed E-state index contributed by atoms with van der Waals surface area (Å²) in [6, 6.07) is 13.4. The zero-order chi connectivity index (χ0) is 14.8.